The van der Waals surface area contributed by atoms with E-state index >= 15 is 0 Å². The molecule has 7 heteroatoms. The lowest BCUT2D eigenvalue weighted by atomic mass is 9.93. The fraction of sp³-hybridized carbons (Fsp3) is 0.688. The first-order valence-electron chi connectivity index (χ1n) is 8.32. The van der Waals surface area contributed by atoms with Crippen molar-refractivity contribution < 1.29 is 18.8 Å². The molecule has 0 atom stereocenters. The monoisotopic (exact) mass is 321 g/mol. The van der Waals surface area contributed by atoms with Crippen molar-refractivity contribution in [3.8, 4) is 0 Å². The zero-order valence-corrected chi connectivity index (χ0v) is 13.1. The Labute approximate surface area is 134 Å². The summed E-state index contributed by atoms with van der Waals surface area (Å²) in [5.41, 5.74) is 5.68. The number of ether oxygens (including phenoxy) is 1. The van der Waals surface area contributed by atoms with Gasteiger partial charge in [0.15, 0.2) is 5.69 Å². The summed E-state index contributed by atoms with van der Waals surface area (Å²) in [6.07, 6.45) is 5.52. The number of carbonyl (C=O) groups is 2. The van der Waals surface area contributed by atoms with Crippen LogP contribution in [-0.2, 0) is 9.53 Å². The van der Waals surface area contributed by atoms with E-state index < -0.39 is 0 Å². The highest BCUT2D eigenvalue weighted by Gasteiger charge is 2.30. The summed E-state index contributed by atoms with van der Waals surface area (Å²) in [7, 11) is 0. The molecule has 0 bridgehead atoms. The number of hydrogen-bond donors (Lipinski definition) is 2. The SMILES string of the molecule is NCCC(=O)O[C@H]1CC[C@H](NC(=O)c2cc(C3CC3)on2)CC1. The molecule has 1 heterocycles. The van der Waals surface area contributed by atoms with Crippen LogP contribution in [0.4, 0.5) is 0 Å². The molecule has 1 aromatic rings. The standard InChI is InChI=1S/C16H23N3O4/c17-8-7-15(20)22-12-5-3-11(4-6-12)18-16(21)13-9-14(23-19-13)10-1-2-10/h9-12H,1-8,17H2,(H,18,21)/t11-,12-. The van der Waals surface area contributed by atoms with Crippen molar-refractivity contribution in [3.05, 3.63) is 17.5 Å². The van der Waals surface area contributed by atoms with Crippen LogP contribution < -0.4 is 11.1 Å². The normalized spacial score (nSPS) is 24.2. The lowest BCUT2D eigenvalue weighted by molar-refractivity contribution is -0.150. The number of aromatic nitrogens is 1. The van der Waals surface area contributed by atoms with Crippen molar-refractivity contribution in [1.29, 1.82) is 0 Å². The van der Waals surface area contributed by atoms with Crippen LogP contribution in [-0.4, -0.2) is 35.7 Å². The minimum absolute atomic E-state index is 0.0595. The molecular weight excluding hydrogens is 298 g/mol. The van der Waals surface area contributed by atoms with Gasteiger partial charge in [-0.3, -0.25) is 9.59 Å². The van der Waals surface area contributed by atoms with Gasteiger partial charge in [-0.05, 0) is 38.5 Å². The van der Waals surface area contributed by atoms with Gasteiger partial charge in [0.25, 0.3) is 5.91 Å². The second kappa shape index (κ2) is 7.12. The van der Waals surface area contributed by atoms with E-state index in [0.29, 0.717) is 18.2 Å². The largest absolute Gasteiger partial charge is 0.462 e. The first-order chi connectivity index (χ1) is 11.2. The minimum Gasteiger partial charge on any atom is -0.462 e. The molecule has 3 rings (SSSR count). The molecule has 2 saturated carbocycles. The summed E-state index contributed by atoms with van der Waals surface area (Å²) in [5, 5.41) is 6.83. The Kier molecular flexibility index (Phi) is 4.95. The van der Waals surface area contributed by atoms with Gasteiger partial charge in [0.1, 0.15) is 11.9 Å². The number of hydrogen-bond acceptors (Lipinski definition) is 6. The Morgan fingerprint density at radius 3 is 2.65 bits per heavy atom. The Balaban J connectivity index is 1.42. The fourth-order valence-corrected chi connectivity index (χ4v) is 2.90. The topological polar surface area (TPSA) is 107 Å². The molecule has 0 aliphatic heterocycles. The third-order valence-corrected chi connectivity index (χ3v) is 4.40. The van der Waals surface area contributed by atoms with Crippen LogP contribution >= 0.6 is 0 Å². The van der Waals surface area contributed by atoms with Crippen molar-refractivity contribution in [2.75, 3.05) is 6.54 Å². The Morgan fingerprint density at radius 2 is 2.00 bits per heavy atom. The predicted molar refractivity (Wildman–Crippen MR) is 81.8 cm³/mol. The van der Waals surface area contributed by atoms with Crippen molar-refractivity contribution in [2.24, 2.45) is 5.73 Å². The first-order valence-corrected chi connectivity index (χ1v) is 8.32. The molecule has 3 N–H and O–H groups in total. The van der Waals surface area contributed by atoms with E-state index in [2.05, 4.69) is 10.5 Å². The van der Waals surface area contributed by atoms with Crippen LogP contribution in [0.15, 0.2) is 10.6 Å². The molecule has 2 fully saturated rings. The molecule has 0 unspecified atom stereocenters. The quantitative estimate of drug-likeness (QED) is 0.769. The van der Waals surface area contributed by atoms with Crippen LogP contribution in [0.1, 0.15) is 67.1 Å². The van der Waals surface area contributed by atoms with Crippen LogP contribution in [0.25, 0.3) is 0 Å². The second-order valence-corrected chi connectivity index (χ2v) is 6.36. The van der Waals surface area contributed by atoms with Crippen LogP contribution in [0.3, 0.4) is 0 Å². The maximum atomic E-state index is 12.2. The van der Waals surface area contributed by atoms with Crippen molar-refractivity contribution in [2.45, 2.75) is 63.0 Å². The summed E-state index contributed by atoms with van der Waals surface area (Å²) in [5.74, 6) is 0.827. The summed E-state index contributed by atoms with van der Waals surface area (Å²) < 4.78 is 10.6. The van der Waals surface area contributed by atoms with Gasteiger partial charge in [-0.1, -0.05) is 5.16 Å². The minimum atomic E-state index is -0.241. The van der Waals surface area contributed by atoms with E-state index in [1.165, 1.54) is 0 Å². The molecule has 2 aliphatic rings. The van der Waals surface area contributed by atoms with E-state index in [1.807, 2.05) is 0 Å². The average Bonchev–Trinajstić information content (AvgIpc) is 3.26. The van der Waals surface area contributed by atoms with E-state index in [9.17, 15) is 9.59 Å². The van der Waals surface area contributed by atoms with Gasteiger partial charge >= 0.3 is 5.97 Å². The summed E-state index contributed by atoms with van der Waals surface area (Å²) in [4.78, 5) is 23.6. The van der Waals surface area contributed by atoms with Crippen LogP contribution in [0, 0.1) is 0 Å². The Hall–Kier alpha value is -1.89. The van der Waals surface area contributed by atoms with Gasteiger partial charge in [-0.25, -0.2) is 0 Å². The molecule has 0 aromatic carbocycles. The predicted octanol–water partition coefficient (Wildman–Crippen LogP) is 1.48. The van der Waals surface area contributed by atoms with Gasteiger partial charge < -0.3 is 20.3 Å². The average molecular weight is 321 g/mol. The number of amides is 1. The Morgan fingerprint density at radius 1 is 1.26 bits per heavy atom. The number of nitrogens with zero attached hydrogens (tertiary/aromatic N) is 1. The van der Waals surface area contributed by atoms with E-state index in [4.69, 9.17) is 15.0 Å². The van der Waals surface area contributed by atoms with Crippen LogP contribution in [0.5, 0.6) is 0 Å². The lowest BCUT2D eigenvalue weighted by Crippen LogP contribution is -2.39. The van der Waals surface area contributed by atoms with Crippen molar-refractivity contribution in [1.82, 2.24) is 10.5 Å². The molecular formula is C16H23N3O4. The molecule has 126 valence electrons. The highest BCUT2D eigenvalue weighted by atomic mass is 16.5. The zero-order valence-electron chi connectivity index (χ0n) is 13.1. The number of carbonyl (C=O) groups excluding carboxylic acids is 2. The number of nitrogens with two attached hydrogens (primary N) is 1. The molecule has 0 radical (unpaired) electrons. The lowest BCUT2D eigenvalue weighted by Gasteiger charge is -2.28. The van der Waals surface area contributed by atoms with Crippen molar-refractivity contribution in [3.63, 3.8) is 0 Å². The van der Waals surface area contributed by atoms with Crippen molar-refractivity contribution >= 4 is 11.9 Å². The summed E-state index contributed by atoms with van der Waals surface area (Å²) in [6.45, 7) is 0.310. The second-order valence-electron chi connectivity index (χ2n) is 6.36. The number of rotatable bonds is 6. The van der Waals surface area contributed by atoms with E-state index in [-0.39, 0.29) is 30.4 Å². The zero-order chi connectivity index (χ0) is 16.2. The third-order valence-electron chi connectivity index (χ3n) is 4.40. The highest BCUT2D eigenvalue weighted by Crippen LogP contribution is 2.40. The molecule has 7 nitrogen and oxygen atoms in total. The summed E-state index contributed by atoms with van der Waals surface area (Å²) in [6, 6.07) is 1.83. The van der Waals surface area contributed by atoms with Gasteiger partial charge in [0.2, 0.25) is 0 Å². The Bertz CT molecular complexity index is 559. The van der Waals surface area contributed by atoms with E-state index in [0.717, 1.165) is 44.3 Å². The molecule has 1 aromatic heterocycles. The van der Waals surface area contributed by atoms with Crippen LogP contribution in [0.2, 0.25) is 0 Å². The van der Waals surface area contributed by atoms with Gasteiger partial charge in [-0.2, -0.15) is 0 Å². The maximum Gasteiger partial charge on any atom is 0.307 e. The molecule has 0 saturated heterocycles. The maximum absolute atomic E-state index is 12.2. The van der Waals surface area contributed by atoms with Gasteiger partial charge in [0.05, 0.1) is 6.42 Å². The summed E-state index contributed by atoms with van der Waals surface area (Å²) >= 11 is 0. The first kappa shape index (κ1) is 16.0. The smallest absolute Gasteiger partial charge is 0.307 e. The van der Waals surface area contributed by atoms with E-state index in [1.54, 1.807) is 6.07 Å². The molecule has 1 amide bonds. The number of nitrogens with one attached hydrogen (secondary N) is 1. The van der Waals surface area contributed by atoms with Gasteiger partial charge in [0, 0.05) is 24.6 Å². The van der Waals surface area contributed by atoms with Gasteiger partial charge in [-0.15, -0.1) is 0 Å². The molecule has 23 heavy (non-hydrogen) atoms. The number of esters is 1. The third kappa shape index (κ3) is 4.31. The highest BCUT2D eigenvalue weighted by molar-refractivity contribution is 5.92. The fourth-order valence-electron chi connectivity index (χ4n) is 2.90. The molecule has 0 spiro atoms. The molecule has 2 aliphatic carbocycles.